The predicted octanol–water partition coefficient (Wildman–Crippen LogP) is 3.32. The maximum atomic E-state index is 13.6. The quantitative estimate of drug-likeness (QED) is 0.604. The molecule has 1 rings (SSSR count). The number of methoxy groups -OCH3 is 1. The van der Waals surface area contributed by atoms with Crippen molar-refractivity contribution < 1.29 is 18.3 Å². The molecule has 2 nitrogen and oxygen atoms in total. The first kappa shape index (κ1) is 12.9. The van der Waals surface area contributed by atoms with Crippen LogP contribution in [0.15, 0.2) is 6.07 Å². The maximum absolute atomic E-state index is 13.6. The Labute approximate surface area is 97.2 Å². The van der Waals surface area contributed by atoms with Gasteiger partial charge in [-0.3, -0.25) is 0 Å². The molecule has 0 aliphatic heterocycles. The first-order valence-electron chi connectivity index (χ1n) is 4.67. The van der Waals surface area contributed by atoms with Crippen LogP contribution in [0.4, 0.5) is 8.78 Å². The van der Waals surface area contributed by atoms with Crippen LogP contribution < -0.4 is 4.74 Å². The van der Waals surface area contributed by atoms with Crippen molar-refractivity contribution in [2.24, 2.45) is 0 Å². The largest absolute Gasteiger partial charge is 0.495 e. The highest BCUT2D eigenvalue weighted by atomic mass is 35.5. The van der Waals surface area contributed by atoms with E-state index in [0.717, 1.165) is 6.07 Å². The van der Waals surface area contributed by atoms with E-state index >= 15 is 0 Å². The minimum absolute atomic E-state index is 0.000370. The molecule has 0 spiro atoms. The zero-order valence-electron chi connectivity index (χ0n) is 8.89. The van der Waals surface area contributed by atoms with Crippen molar-refractivity contribution in [2.45, 2.75) is 19.3 Å². The molecule has 1 atom stereocenters. The Morgan fingerprint density at radius 2 is 2.19 bits per heavy atom. The van der Waals surface area contributed by atoms with Gasteiger partial charge in [0.2, 0.25) is 0 Å². The highest BCUT2D eigenvalue weighted by molar-refractivity contribution is 6.32. The molecule has 0 fully saturated rings. The highest BCUT2D eigenvalue weighted by Gasteiger charge is 2.22. The minimum Gasteiger partial charge on any atom is -0.495 e. The van der Waals surface area contributed by atoms with Gasteiger partial charge in [0.25, 0.3) is 0 Å². The number of carbonyl (C=O) groups is 1. The smallest absolute Gasteiger partial charge is 0.166 e. The van der Waals surface area contributed by atoms with Crippen molar-refractivity contribution in [2.75, 3.05) is 7.11 Å². The molecule has 0 saturated carbocycles. The van der Waals surface area contributed by atoms with Crippen molar-refractivity contribution in [1.29, 1.82) is 0 Å². The van der Waals surface area contributed by atoms with Gasteiger partial charge in [-0.2, -0.15) is 0 Å². The number of halogens is 3. The molecular weight excluding hydrogens is 238 g/mol. The van der Waals surface area contributed by atoms with E-state index in [2.05, 4.69) is 0 Å². The van der Waals surface area contributed by atoms with Crippen LogP contribution in [0.1, 0.15) is 24.8 Å². The molecule has 0 aliphatic carbocycles. The lowest BCUT2D eigenvalue weighted by Crippen LogP contribution is -2.05. The van der Waals surface area contributed by atoms with Gasteiger partial charge in [0, 0.05) is 12.0 Å². The lowest BCUT2D eigenvalue weighted by Gasteiger charge is -2.16. The fraction of sp³-hybridized carbons (Fsp3) is 0.364. The molecule has 0 aromatic heterocycles. The Bertz CT molecular complexity index is 407. The van der Waals surface area contributed by atoms with Crippen LogP contribution in [0.5, 0.6) is 5.75 Å². The van der Waals surface area contributed by atoms with E-state index in [1.165, 1.54) is 7.11 Å². The zero-order valence-corrected chi connectivity index (χ0v) is 9.65. The average molecular weight is 249 g/mol. The number of ether oxygens (including phenoxy) is 1. The van der Waals surface area contributed by atoms with Crippen molar-refractivity contribution in [3.8, 4) is 5.75 Å². The van der Waals surface area contributed by atoms with Gasteiger partial charge in [-0.05, 0) is 12.0 Å². The van der Waals surface area contributed by atoms with E-state index in [9.17, 15) is 13.6 Å². The number of hydrogen-bond acceptors (Lipinski definition) is 2. The molecule has 1 unspecified atom stereocenters. The van der Waals surface area contributed by atoms with E-state index in [-0.39, 0.29) is 22.8 Å². The first-order chi connectivity index (χ1) is 7.52. The molecule has 1 aromatic carbocycles. The third kappa shape index (κ3) is 2.32. The summed E-state index contributed by atoms with van der Waals surface area (Å²) in [6.45, 7) is 1.60. The summed E-state index contributed by atoms with van der Waals surface area (Å²) in [6, 6.07) is 0.854. The van der Waals surface area contributed by atoms with Crippen molar-refractivity contribution >= 4 is 17.9 Å². The summed E-state index contributed by atoms with van der Waals surface area (Å²) in [4.78, 5) is 10.4. The van der Waals surface area contributed by atoms with Gasteiger partial charge in [0.15, 0.2) is 11.6 Å². The maximum Gasteiger partial charge on any atom is 0.166 e. The fourth-order valence-electron chi connectivity index (χ4n) is 1.51. The molecule has 0 N–H and O–H groups in total. The summed E-state index contributed by atoms with van der Waals surface area (Å²) in [7, 11) is 1.32. The molecule has 0 radical (unpaired) electrons. The molecule has 16 heavy (non-hydrogen) atoms. The number of aldehydes is 1. The number of hydrogen-bond donors (Lipinski definition) is 0. The first-order valence-corrected chi connectivity index (χ1v) is 5.05. The van der Waals surface area contributed by atoms with Crippen molar-refractivity contribution in [3.05, 3.63) is 28.3 Å². The van der Waals surface area contributed by atoms with Crippen LogP contribution in [-0.2, 0) is 4.79 Å². The van der Waals surface area contributed by atoms with E-state index < -0.39 is 17.6 Å². The topological polar surface area (TPSA) is 26.3 Å². The average Bonchev–Trinajstić information content (AvgIpc) is 2.23. The van der Waals surface area contributed by atoms with E-state index in [0.29, 0.717) is 6.29 Å². The fourth-order valence-corrected chi connectivity index (χ4v) is 1.78. The van der Waals surface area contributed by atoms with E-state index in [1.807, 2.05) is 0 Å². The van der Waals surface area contributed by atoms with E-state index in [4.69, 9.17) is 16.3 Å². The number of carbonyl (C=O) groups excluding carboxylic acids is 1. The number of benzene rings is 1. The van der Waals surface area contributed by atoms with Crippen LogP contribution in [0.3, 0.4) is 0 Å². The number of rotatable bonds is 4. The Hall–Kier alpha value is -1.16. The summed E-state index contributed by atoms with van der Waals surface area (Å²) >= 11 is 5.73. The van der Waals surface area contributed by atoms with Gasteiger partial charge in [-0.25, -0.2) is 8.78 Å². The Morgan fingerprint density at radius 1 is 1.56 bits per heavy atom. The van der Waals surface area contributed by atoms with Crippen LogP contribution in [0.25, 0.3) is 0 Å². The van der Waals surface area contributed by atoms with Gasteiger partial charge in [0.05, 0.1) is 12.1 Å². The zero-order chi connectivity index (χ0) is 12.3. The minimum atomic E-state index is -1.04. The molecule has 0 saturated heterocycles. The molecule has 0 aliphatic rings. The van der Waals surface area contributed by atoms with Gasteiger partial charge < -0.3 is 9.53 Å². The third-order valence-electron chi connectivity index (χ3n) is 2.31. The van der Waals surface area contributed by atoms with Gasteiger partial charge in [-0.1, -0.05) is 18.5 Å². The van der Waals surface area contributed by atoms with Crippen molar-refractivity contribution in [3.63, 3.8) is 0 Å². The van der Waals surface area contributed by atoms with Crippen LogP contribution in [0.2, 0.25) is 5.02 Å². The van der Waals surface area contributed by atoms with Gasteiger partial charge >= 0.3 is 0 Å². The second-order valence-corrected chi connectivity index (χ2v) is 3.81. The summed E-state index contributed by atoms with van der Waals surface area (Å²) in [6.07, 6.45) is 0.718. The van der Waals surface area contributed by atoms with Crippen LogP contribution in [0, 0.1) is 11.6 Å². The molecule has 88 valence electrons. The molecular formula is C11H11ClF2O2. The van der Waals surface area contributed by atoms with Crippen molar-refractivity contribution in [1.82, 2.24) is 0 Å². The molecule has 1 aromatic rings. The summed E-state index contributed by atoms with van der Waals surface area (Å²) in [5, 5.41) is -0.00542. The van der Waals surface area contributed by atoms with Crippen LogP contribution >= 0.6 is 11.6 Å². The SMILES string of the molecule is COc1c(Cl)cc(F)c(F)c1C(C)CC=O. The predicted molar refractivity (Wildman–Crippen MR) is 57.0 cm³/mol. The molecule has 0 bridgehead atoms. The summed E-state index contributed by atoms with van der Waals surface area (Å²) < 4.78 is 31.7. The second kappa shape index (κ2) is 5.25. The highest BCUT2D eigenvalue weighted by Crippen LogP contribution is 2.37. The van der Waals surface area contributed by atoms with Gasteiger partial charge in [-0.15, -0.1) is 0 Å². The third-order valence-corrected chi connectivity index (χ3v) is 2.59. The van der Waals surface area contributed by atoms with Crippen LogP contribution in [-0.4, -0.2) is 13.4 Å². The summed E-state index contributed by atoms with van der Waals surface area (Å²) in [5.74, 6) is -2.47. The Kier molecular flexibility index (Phi) is 4.24. The second-order valence-electron chi connectivity index (χ2n) is 3.40. The molecule has 5 heteroatoms. The van der Waals surface area contributed by atoms with Gasteiger partial charge in [0.1, 0.15) is 12.0 Å². The standard InChI is InChI=1S/C11H11ClF2O2/c1-6(3-4-15)9-10(14)8(13)5-7(12)11(9)16-2/h4-6H,3H2,1-2H3. The molecule has 0 amide bonds. The lowest BCUT2D eigenvalue weighted by molar-refractivity contribution is -0.108. The molecule has 0 heterocycles. The Balaban J connectivity index is 3.37. The van der Waals surface area contributed by atoms with E-state index in [1.54, 1.807) is 6.92 Å². The summed E-state index contributed by atoms with van der Waals surface area (Å²) in [5.41, 5.74) is -0.000370. The lowest BCUT2D eigenvalue weighted by atomic mass is 9.96. The monoisotopic (exact) mass is 248 g/mol. The Morgan fingerprint density at radius 3 is 2.69 bits per heavy atom. The normalized spacial score (nSPS) is 12.3.